The molecule has 6 nitrogen and oxygen atoms in total. The Morgan fingerprint density at radius 1 is 1.39 bits per heavy atom. The lowest BCUT2D eigenvalue weighted by Gasteiger charge is -2.11. The number of nitrogens with one attached hydrogen (secondary N) is 1. The van der Waals surface area contributed by atoms with E-state index in [-0.39, 0.29) is 23.1 Å². The van der Waals surface area contributed by atoms with Crippen molar-refractivity contribution in [3.8, 4) is 11.3 Å². The van der Waals surface area contributed by atoms with Gasteiger partial charge in [0.1, 0.15) is 17.0 Å². The first-order chi connectivity index (χ1) is 10.9. The van der Waals surface area contributed by atoms with Gasteiger partial charge in [-0.05, 0) is 19.4 Å². The summed E-state index contributed by atoms with van der Waals surface area (Å²) in [5.41, 5.74) is 1.23. The number of rotatable bonds is 3. The number of hydrogen-bond acceptors (Lipinski definition) is 5. The second kappa shape index (κ2) is 5.98. The van der Waals surface area contributed by atoms with E-state index in [9.17, 15) is 13.2 Å². The highest BCUT2D eigenvalue weighted by Crippen LogP contribution is 2.31. The fourth-order valence-electron chi connectivity index (χ4n) is 2.64. The number of aromatic nitrogens is 1. The lowest BCUT2D eigenvalue weighted by Crippen LogP contribution is -2.36. The SMILES string of the molecule is Cc1onc(-c2ccccc2Cl)c1C(=O)N[C@@H]1CCS(=O)(=O)C1. The van der Waals surface area contributed by atoms with E-state index in [2.05, 4.69) is 10.5 Å². The largest absolute Gasteiger partial charge is 0.360 e. The van der Waals surface area contributed by atoms with Crippen LogP contribution in [-0.2, 0) is 9.84 Å². The molecule has 1 aromatic carbocycles. The molecule has 1 amide bonds. The van der Waals surface area contributed by atoms with Crippen molar-refractivity contribution in [1.82, 2.24) is 10.5 Å². The van der Waals surface area contributed by atoms with Crippen molar-refractivity contribution in [3.05, 3.63) is 40.6 Å². The molecule has 1 aromatic heterocycles. The molecule has 2 heterocycles. The van der Waals surface area contributed by atoms with Crippen LogP contribution < -0.4 is 5.32 Å². The number of carbonyl (C=O) groups excluding carboxylic acids is 1. The summed E-state index contributed by atoms with van der Waals surface area (Å²) in [4.78, 5) is 12.6. The van der Waals surface area contributed by atoms with Gasteiger partial charge in [-0.25, -0.2) is 8.42 Å². The summed E-state index contributed by atoms with van der Waals surface area (Å²) in [6.45, 7) is 1.63. The van der Waals surface area contributed by atoms with Crippen LogP contribution in [0.5, 0.6) is 0 Å². The van der Waals surface area contributed by atoms with Gasteiger partial charge in [0.2, 0.25) is 0 Å². The maximum Gasteiger partial charge on any atom is 0.257 e. The first-order valence-corrected chi connectivity index (χ1v) is 9.30. The van der Waals surface area contributed by atoms with Crippen molar-refractivity contribution in [2.75, 3.05) is 11.5 Å². The van der Waals surface area contributed by atoms with E-state index in [0.29, 0.717) is 28.5 Å². The smallest absolute Gasteiger partial charge is 0.257 e. The Kier molecular flexibility index (Phi) is 4.16. The standard InChI is InChI=1S/C15H15ClN2O4S/c1-9-13(15(19)17-10-6-7-23(20,21)8-10)14(18-22-9)11-4-2-3-5-12(11)16/h2-5,10H,6-8H2,1H3,(H,17,19)/t10-/m1/s1. The van der Waals surface area contributed by atoms with Crippen LogP contribution in [-0.4, -0.2) is 37.0 Å². The number of sulfone groups is 1. The molecule has 0 radical (unpaired) electrons. The molecule has 1 aliphatic rings. The molecule has 1 saturated heterocycles. The summed E-state index contributed by atoms with van der Waals surface area (Å²) < 4.78 is 28.2. The summed E-state index contributed by atoms with van der Waals surface area (Å²) in [6, 6.07) is 6.63. The van der Waals surface area contributed by atoms with Gasteiger partial charge in [-0.1, -0.05) is 35.0 Å². The van der Waals surface area contributed by atoms with Crippen LogP contribution in [0.4, 0.5) is 0 Å². The number of halogens is 1. The molecule has 0 unspecified atom stereocenters. The number of aryl methyl sites for hydroxylation is 1. The van der Waals surface area contributed by atoms with Gasteiger partial charge in [0, 0.05) is 11.6 Å². The van der Waals surface area contributed by atoms with Gasteiger partial charge < -0.3 is 9.84 Å². The molecule has 0 aliphatic carbocycles. The minimum absolute atomic E-state index is 0.0372. The minimum atomic E-state index is -3.06. The maximum atomic E-state index is 12.6. The van der Waals surface area contributed by atoms with E-state index in [1.807, 2.05) is 0 Å². The van der Waals surface area contributed by atoms with E-state index in [1.165, 1.54) is 0 Å². The molecular formula is C15H15ClN2O4S. The molecule has 0 saturated carbocycles. The second-order valence-corrected chi connectivity index (χ2v) is 8.15. The molecule has 122 valence electrons. The molecular weight excluding hydrogens is 340 g/mol. The highest BCUT2D eigenvalue weighted by Gasteiger charge is 2.31. The van der Waals surface area contributed by atoms with Gasteiger partial charge in [0.05, 0.1) is 16.5 Å². The monoisotopic (exact) mass is 354 g/mol. The molecule has 1 fully saturated rings. The lowest BCUT2D eigenvalue weighted by atomic mass is 10.1. The fraction of sp³-hybridized carbons (Fsp3) is 0.333. The van der Waals surface area contributed by atoms with Crippen LogP contribution in [0.15, 0.2) is 28.8 Å². The van der Waals surface area contributed by atoms with E-state index in [0.717, 1.165) is 0 Å². The van der Waals surface area contributed by atoms with Crippen LogP contribution in [0.3, 0.4) is 0 Å². The number of carbonyl (C=O) groups is 1. The normalized spacial score (nSPS) is 19.7. The number of amides is 1. The maximum absolute atomic E-state index is 12.6. The van der Waals surface area contributed by atoms with Gasteiger partial charge in [0.25, 0.3) is 5.91 Å². The topological polar surface area (TPSA) is 89.3 Å². The quantitative estimate of drug-likeness (QED) is 0.912. The molecule has 1 atom stereocenters. The zero-order valence-corrected chi connectivity index (χ0v) is 13.9. The summed E-state index contributed by atoms with van der Waals surface area (Å²) in [5, 5.41) is 7.14. The first kappa shape index (κ1) is 16.0. The third-order valence-corrected chi connectivity index (χ3v) is 5.88. The Balaban J connectivity index is 1.90. The lowest BCUT2D eigenvalue weighted by molar-refractivity contribution is 0.0940. The van der Waals surface area contributed by atoms with Gasteiger partial charge in [-0.15, -0.1) is 0 Å². The Hall–Kier alpha value is -1.86. The molecule has 1 N–H and O–H groups in total. The highest BCUT2D eigenvalue weighted by molar-refractivity contribution is 7.91. The minimum Gasteiger partial charge on any atom is -0.360 e. The zero-order chi connectivity index (χ0) is 16.6. The van der Waals surface area contributed by atoms with Crippen molar-refractivity contribution in [2.45, 2.75) is 19.4 Å². The molecule has 8 heteroatoms. The summed E-state index contributed by atoms with van der Waals surface area (Å²) in [5.74, 6) is 0.0154. The third-order valence-electron chi connectivity index (χ3n) is 3.79. The molecule has 0 bridgehead atoms. The van der Waals surface area contributed by atoms with Gasteiger partial charge in [-0.3, -0.25) is 4.79 Å². The number of nitrogens with zero attached hydrogens (tertiary/aromatic N) is 1. The van der Waals surface area contributed by atoms with E-state index in [1.54, 1.807) is 31.2 Å². The van der Waals surface area contributed by atoms with Gasteiger partial charge >= 0.3 is 0 Å². The average Bonchev–Trinajstić information content (AvgIpc) is 3.02. The van der Waals surface area contributed by atoms with Crippen molar-refractivity contribution >= 4 is 27.3 Å². The molecule has 3 rings (SSSR count). The molecule has 23 heavy (non-hydrogen) atoms. The number of hydrogen-bond donors (Lipinski definition) is 1. The average molecular weight is 355 g/mol. The van der Waals surface area contributed by atoms with E-state index < -0.39 is 15.7 Å². The Labute approximate surface area is 138 Å². The van der Waals surface area contributed by atoms with Crippen LogP contribution in [0, 0.1) is 6.92 Å². The highest BCUT2D eigenvalue weighted by atomic mass is 35.5. The van der Waals surface area contributed by atoms with Crippen molar-refractivity contribution in [1.29, 1.82) is 0 Å². The van der Waals surface area contributed by atoms with Crippen molar-refractivity contribution in [2.24, 2.45) is 0 Å². The number of benzene rings is 1. The fourth-order valence-corrected chi connectivity index (χ4v) is 4.54. The third kappa shape index (κ3) is 3.25. The van der Waals surface area contributed by atoms with Crippen LogP contribution >= 0.6 is 11.6 Å². The van der Waals surface area contributed by atoms with Crippen molar-refractivity contribution in [3.63, 3.8) is 0 Å². The Bertz CT molecular complexity index is 860. The second-order valence-electron chi connectivity index (χ2n) is 5.52. The summed E-state index contributed by atoms with van der Waals surface area (Å²) in [7, 11) is -3.06. The zero-order valence-electron chi connectivity index (χ0n) is 12.4. The summed E-state index contributed by atoms with van der Waals surface area (Å²) >= 11 is 6.16. The Morgan fingerprint density at radius 3 is 2.78 bits per heavy atom. The van der Waals surface area contributed by atoms with Crippen molar-refractivity contribution < 1.29 is 17.7 Å². The van der Waals surface area contributed by atoms with E-state index >= 15 is 0 Å². The molecule has 2 aromatic rings. The Morgan fingerprint density at radius 2 is 2.13 bits per heavy atom. The molecule has 0 spiro atoms. The van der Waals surface area contributed by atoms with E-state index in [4.69, 9.17) is 16.1 Å². The molecule has 1 aliphatic heterocycles. The predicted molar refractivity (Wildman–Crippen MR) is 86.2 cm³/mol. The van der Waals surface area contributed by atoms with Crippen LogP contribution in [0.1, 0.15) is 22.5 Å². The summed E-state index contributed by atoms with van der Waals surface area (Å²) in [6.07, 6.45) is 0.416. The predicted octanol–water partition coefficient (Wildman–Crippen LogP) is 2.22. The van der Waals surface area contributed by atoms with Gasteiger partial charge in [0.15, 0.2) is 9.84 Å². The van der Waals surface area contributed by atoms with Gasteiger partial charge in [-0.2, -0.15) is 0 Å². The van der Waals surface area contributed by atoms with Crippen LogP contribution in [0.2, 0.25) is 5.02 Å². The first-order valence-electron chi connectivity index (χ1n) is 7.10. The van der Waals surface area contributed by atoms with Crippen LogP contribution in [0.25, 0.3) is 11.3 Å².